The molecule has 194 valence electrons. The summed E-state index contributed by atoms with van der Waals surface area (Å²) in [6.07, 6.45) is -1.18. The molecule has 3 aromatic rings. The van der Waals surface area contributed by atoms with Crippen LogP contribution in [-0.2, 0) is 15.4 Å². The highest BCUT2D eigenvalue weighted by Crippen LogP contribution is 2.40. The van der Waals surface area contributed by atoms with Crippen LogP contribution in [0.2, 0.25) is 0 Å². The first-order valence-electron chi connectivity index (χ1n) is 11.2. The standard InChI is InChI=1S/C25H31N3O7S/c1-16-26-23(28-36(31,32)19-12-10-17(11-13-19)25(2,3)4)22(24(27-16)34-15-18(30)14-29)35-21-9-7-6-8-20(21)33-5/h6-13,18,29-30H,14-15H2,1-5H3,(H,26,27,28)/t18-/m1/s1. The van der Waals surface area contributed by atoms with E-state index in [1.54, 1.807) is 43.3 Å². The van der Waals surface area contributed by atoms with Crippen molar-refractivity contribution in [2.24, 2.45) is 0 Å². The number of nitrogens with one attached hydrogen (secondary N) is 1. The number of aromatic nitrogens is 2. The Kier molecular flexibility index (Phi) is 8.39. The molecule has 0 bridgehead atoms. The summed E-state index contributed by atoms with van der Waals surface area (Å²) in [7, 11) is -2.61. The van der Waals surface area contributed by atoms with E-state index in [2.05, 4.69) is 14.7 Å². The fourth-order valence-corrected chi connectivity index (χ4v) is 4.16. The smallest absolute Gasteiger partial charge is 0.263 e. The minimum absolute atomic E-state index is 0.0354. The van der Waals surface area contributed by atoms with E-state index in [4.69, 9.17) is 19.3 Å². The van der Waals surface area contributed by atoms with Crippen LogP contribution in [0.1, 0.15) is 32.2 Å². The fraction of sp³-hybridized carbons (Fsp3) is 0.360. The normalized spacial score (nSPS) is 12.6. The van der Waals surface area contributed by atoms with Crippen LogP contribution in [0.25, 0.3) is 0 Å². The number of aryl methyl sites for hydroxylation is 1. The third-order valence-electron chi connectivity index (χ3n) is 5.11. The third-order valence-corrected chi connectivity index (χ3v) is 6.47. The van der Waals surface area contributed by atoms with Crippen molar-refractivity contribution in [1.29, 1.82) is 0 Å². The van der Waals surface area contributed by atoms with Crippen LogP contribution < -0.4 is 18.9 Å². The number of hydrogen-bond acceptors (Lipinski definition) is 9. The molecule has 0 saturated heterocycles. The molecule has 11 heteroatoms. The zero-order valence-electron chi connectivity index (χ0n) is 20.8. The number of aliphatic hydroxyl groups excluding tert-OH is 2. The Balaban J connectivity index is 2.05. The topological polar surface area (TPSA) is 140 Å². The quantitative estimate of drug-likeness (QED) is 0.369. The van der Waals surface area contributed by atoms with Crippen LogP contribution in [0.4, 0.5) is 5.82 Å². The lowest BCUT2D eigenvalue weighted by Gasteiger charge is -2.20. The van der Waals surface area contributed by atoms with Gasteiger partial charge < -0.3 is 24.4 Å². The van der Waals surface area contributed by atoms with E-state index in [-0.39, 0.29) is 45.9 Å². The molecule has 0 aliphatic heterocycles. The van der Waals surface area contributed by atoms with Crippen molar-refractivity contribution in [2.75, 3.05) is 25.0 Å². The highest BCUT2D eigenvalue weighted by atomic mass is 32.2. The zero-order valence-corrected chi connectivity index (χ0v) is 21.7. The lowest BCUT2D eigenvalue weighted by Crippen LogP contribution is -2.22. The van der Waals surface area contributed by atoms with Crippen LogP contribution in [0.15, 0.2) is 53.4 Å². The number of rotatable bonds is 10. The molecule has 0 amide bonds. The third kappa shape index (κ3) is 6.62. The fourth-order valence-electron chi connectivity index (χ4n) is 3.16. The molecule has 3 N–H and O–H groups in total. The van der Waals surface area contributed by atoms with Crippen molar-refractivity contribution in [2.45, 2.75) is 44.1 Å². The van der Waals surface area contributed by atoms with Gasteiger partial charge in [0, 0.05) is 0 Å². The second-order valence-corrected chi connectivity index (χ2v) is 10.7. The van der Waals surface area contributed by atoms with E-state index in [0.29, 0.717) is 5.75 Å². The summed E-state index contributed by atoms with van der Waals surface area (Å²) >= 11 is 0. The van der Waals surface area contributed by atoms with Gasteiger partial charge in [0.25, 0.3) is 15.9 Å². The maximum Gasteiger partial charge on any atom is 0.263 e. The minimum Gasteiger partial charge on any atom is -0.493 e. The number of aliphatic hydroxyl groups is 2. The lowest BCUT2D eigenvalue weighted by atomic mass is 9.87. The summed E-state index contributed by atoms with van der Waals surface area (Å²) < 4.78 is 45.9. The molecular weight excluding hydrogens is 486 g/mol. The molecule has 0 unspecified atom stereocenters. The number of anilines is 1. The molecule has 0 aliphatic carbocycles. The predicted octanol–water partition coefficient (Wildman–Crippen LogP) is 3.42. The van der Waals surface area contributed by atoms with E-state index in [9.17, 15) is 13.5 Å². The molecule has 1 aromatic heterocycles. The molecule has 0 fully saturated rings. The molecule has 0 radical (unpaired) electrons. The molecule has 0 aliphatic rings. The molecule has 10 nitrogen and oxygen atoms in total. The molecule has 3 rings (SSSR count). The second-order valence-electron chi connectivity index (χ2n) is 9.03. The van der Waals surface area contributed by atoms with Crippen molar-refractivity contribution >= 4 is 15.8 Å². The predicted molar refractivity (Wildman–Crippen MR) is 134 cm³/mol. The summed E-state index contributed by atoms with van der Waals surface area (Å²) in [5.41, 5.74) is 0.846. The molecule has 1 heterocycles. The van der Waals surface area contributed by atoms with Gasteiger partial charge in [0.2, 0.25) is 5.75 Å². The number of methoxy groups -OCH3 is 1. The van der Waals surface area contributed by atoms with Crippen LogP contribution >= 0.6 is 0 Å². The van der Waals surface area contributed by atoms with Crippen molar-refractivity contribution in [3.63, 3.8) is 0 Å². The van der Waals surface area contributed by atoms with Gasteiger partial charge in [-0.3, -0.25) is 4.72 Å². The van der Waals surface area contributed by atoms with E-state index < -0.39 is 22.7 Å². The first-order valence-corrected chi connectivity index (χ1v) is 12.7. The average Bonchev–Trinajstić information content (AvgIpc) is 2.83. The van der Waals surface area contributed by atoms with Gasteiger partial charge in [-0.1, -0.05) is 45.0 Å². The number of para-hydroxylation sites is 2. The lowest BCUT2D eigenvalue weighted by molar-refractivity contribution is 0.0512. The van der Waals surface area contributed by atoms with E-state index in [1.165, 1.54) is 19.2 Å². The van der Waals surface area contributed by atoms with E-state index in [0.717, 1.165) is 5.56 Å². The zero-order chi connectivity index (χ0) is 26.5. The number of benzene rings is 2. The highest BCUT2D eigenvalue weighted by Gasteiger charge is 2.25. The Labute approximate surface area is 211 Å². The maximum absolute atomic E-state index is 13.3. The first-order chi connectivity index (χ1) is 16.9. The summed E-state index contributed by atoms with van der Waals surface area (Å²) in [4.78, 5) is 8.48. The van der Waals surface area contributed by atoms with Gasteiger partial charge in [0.15, 0.2) is 17.3 Å². The van der Waals surface area contributed by atoms with Crippen molar-refractivity contribution in [3.05, 3.63) is 59.9 Å². The van der Waals surface area contributed by atoms with E-state index in [1.807, 2.05) is 20.8 Å². The average molecular weight is 518 g/mol. The molecule has 36 heavy (non-hydrogen) atoms. The molecule has 1 atom stereocenters. The highest BCUT2D eigenvalue weighted by molar-refractivity contribution is 7.92. The maximum atomic E-state index is 13.3. The number of sulfonamides is 1. The second kappa shape index (κ2) is 11.1. The number of ether oxygens (including phenoxy) is 3. The molecule has 0 spiro atoms. The first kappa shape index (κ1) is 27.2. The van der Waals surface area contributed by atoms with Gasteiger partial charge in [-0.2, -0.15) is 4.98 Å². The van der Waals surface area contributed by atoms with Gasteiger partial charge in [-0.15, -0.1) is 0 Å². The van der Waals surface area contributed by atoms with Crippen molar-refractivity contribution in [3.8, 4) is 23.1 Å². The van der Waals surface area contributed by atoms with Gasteiger partial charge in [-0.05, 0) is 42.2 Å². The van der Waals surface area contributed by atoms with Gasteiger partial charge in [0.05, 0.1) is 18.6 Å². The van der Waals surface area contributed by atoms with Crippen LogP contribution in [0.5, 0.6) is 23.1 Å². The van der Waals surface area contributed by atoms with Crippen molar-refractivity contribution < 1.29 is 32.8 Å². The molecule has 0 saturated carbocycles. The van der Waals surface area contributed by atoms with Crippen LogP contribution in [-0.4, -0.2) is 55.0 Å². The monoisotopic (exact) mass is 517 g/mol. The summed E-state index contributed by atoms with van der Waals surface area (Å²) in [5.74, 6) is 0.409. The Morgan fingerprint density at radius 1 is 1.03 bits per heavy atom. The Morgan fingerprint density at radius 3 is 2.25 bits per heavy atom. The molecule has 2 aromatic carbocycles. The largest absolute Gasteiger partial charge is 0.493 e. The number of nitrogens with zero attached hydrogens (tertiary/aromatic N) is 2. The minimum atomic E-state index is -4.07. The Morgan fingerprint density at radius 2 is 1.67 bits per heavy atom. The van der Waals surface area contributed by atoms with E-state index >= 15 is 0 Å². The number of hydrogen-bond donors (Lipinski definition) is 3. The summed E-state index contributed by atoms with van der Waals surface area (Å²) in [5, 5.41) is 18.9. The van der Waals surface area contributed by atoms with Gasteiger partial charge >= 0.3 is 0 Å². The van der Waals surface area contributed by atoms with Gasteiger partial charge in [0.1, 0.15) is 18.5 Å². The SMILES string of the molecule is COc1ccccc1Oc1c(NS(=O)(=O)c2ccc(C(C)(C)C)cc2)nc(C)nc1OC[C@H](O)CO. The molecular formula is C25H31N3O7S. The van der Waals surface area contributed by atoms with Gasteiger partial charge in [-0.25, -0.2) is 13.4 Å². The summed E-state index contributed by atoms with van der Waals surface area (Å²) in [6, 6.07) is 13.3. The Hall–Kier alpha value is -3.41. The van der Waals surface area contributed by atoms with Crippen LogP contribution in [0, 0.1) is 6.92 Å². The Bertz CT molecular complexity index is 1290. The summed E-state index contributed by atoms with van der Waals surface area (Å²) in [6.45, 7) is 6.82. The van der Waals surface area contributed by atoms with Crippen molar-refractivity contribution in [1.82, 2.24) is 9.97 Å². The van der Waals surface area contributed by atoms with Crippen LogP contribution in [0.3, 0.4) is 0 Å².